The van der Waals surface area contributed by atoms with Gasteiger partial charge in [0.25, 0.3) is 0 Å². The highest BCUT2D eigenvalue weighted by atomic mass is 19.1. The van der Waals surface area contributed by atoms with E-state index in [-0.39, 0.29) is 5.82 Å². The molecule has 2 aromatic rings. The van der Waals surface area contributed by atoms with Gasteiger partial charge in [-0.15, -0.1) is 0 Å². The number of hydrogen-bond acceptors (Lipinski definition) is 3. The van der Waals surface area contributed by atoms with Crippen LogP contribution in [0.25, 0.3) is 11.0 Å². The third kappa shape index (κ3) is 3.67. The molecule has 0 atom stereocenters. The van der Waals surface area contributed by atoms with Gasteiger partial charge in [0.05, 0.1) is 11.0 Å². The van der Waals surface area contributed by atoms with Crippen molar-refractivity contribution in [2.45, 2.75) is 20.3 Å². The lowest BCUT2D eigenvalue weighted by atomic mass is 10.3. The molecule has 0 aliphatic rings. The third-order valence-electron chi connectivity index (χ3n) is 3.28. The Morgan fingerprint density at radius 2 is 2.11 bits per heavy atom. The predicted octanol–water partition coefficient (Wildman–Crippen LogP) is 2.85. The van der Waals surface area contributed by atoms with Crippen LogP contribution in [0.3, 0.4) is 0 Å². The van der Waals surface area contributed by atoms with Crippen LogP contribution >= 0.6 is 0 Å². The number of nitrogens with one attached hydrogen (secondary N) is 2. The molecule has 4 nitrogen and oxygen atoms in total. The summed E-state index contributed by atoms with van der Waals surface area (Å²) in [5.74, 6) is 0.462. The lowest BCUT2D eigenvalue weighted by Crippen LogP contribution is -2.25. The number of benzene rings is 1. The molecule has 0 radical (unpaired) electrons. The van der Waals surface area contributed by atoms with E-state index in [0.29, 0.717) is 5.95 Å². The third-order valence-corrected chi connectivity index (χ3v) is 3.28. The number of fused-ring (bicyclic) bond motifs is 1. The number of hydrogen-bond donors (Lipinski definition) is 2. The van der Waals surface area contributed by atoms with E-state index in [1.807, 2.05) is 0 Å². The summed E-state index contributed by atoms with van der Waals surface area (Å²) < 4.78 is 13.0. The van der Waals surface area contributed by atoms with Crippen LogP contribution < -0.4 is 5.32 Å². The van der Waals surface area contributed by atoms with E-state index < -0.39 is 0 Å². The Kier molecular flexibility index (Phi) is 4.74. The van der Waals surface area contributed by atoms with Gasteiger partial charge >= 0.3 is 0 Å². The van der Waals surface area contributed by atoms with E-state index in [1.165, 1.54) is 12.1 Å². The maximum atomic E-state index is 13.0. The van der Waals surface area contributed by atoms with E-state index in [0.717, 1.165) is 43.6 Å². The van der Waals surface area contributed by atoms with Crippen LogP contribution in [0.5, 0.6) is 0 Å². The van der Waals surface area contributed by atoms with Crippen LogP contribution in [0, 0.1) is 5.82 Å². The number of rotatable bonds is 7. The average molecular weight is 264 g/mol. The van der Waals surface area contributed by atoms with Gasteiger partial charge in [0.2, 0.25) is 5.95 Å². The van der Waals surface area contributed by atoms with Gasteiger partial charge in [0, 0.05) is 6.54 Å². The molecule has 0 fully saturated rings. The summed E-state index contributed by atoms with van der Waals surface area (Å²) in [6.07, 6.45) is 1.06. The summed E-state index contributed by atoms with van der Waals surface area (Å²) in [5, 5.41) is 3.24. The quantitative estimate of drug-likeness (QED) is 0.756. The largest absolute Gasteiger partial charge is 0.356 e. The Hall–Kier alpha value is -1.62. The number of aromatic amines is 1. The number of aromatic nitrogens is 2. The first-order valence-corrected chi connectivity index (χ1v) is 6.84. The van der Waals surface area contributed by atoms with Gasteiger partial charge in [-0.05, 0) is 44.3 Å². The molecular formula is C14H21FN4. The fourth-order valence-electron chi connectivity index (χ4n) is 2.11. The lowest BCUT2D eigenvalue weighted by Gasteiger charge is -2.17. The molecule has 2 N–H and O–H groups in total. The van der Waals surface area contributed by atoms with Crippen molar-refractivity contribution in [2.75, 3.05) is 31.5 Å². The molecule has 1 aromatic heterocycles. The normalized spacial score (nSPS) is 11.4. The minimum atomic E-state index is -0.246. The summed E-state index contributed by atoms with van der Waals surface area (Å²) in [5.41, 5.74) is 1.51. The highest BCUT2D eigenvalue weighted by Crippen LogP contribution is 2.15. The zero-order valence-electron chi connectivity index (χ0n) is 11.5. The standard InChI is InChI=1S/C14H21FN4/c1-3-19(4-2)9-5-8-16-14-17-12-7-6-11(15)10-13(12)18-14/h6-7,10H,3-5,8-9H2,1-2H3,(H2,16,17,18). The zero-order chi connectivity index (χ0) is 13.7. The van der Waals surface area contributed by atoms with Crippen LogP contribution in [-0.4, -0.2) is 41.0 Å². The first-order chi connectivity index (χ1) is 9.22. The summed E-state index contributed by atoms with van der Waals surface area (Å²) in [6, 6.07) is 4.57. The molecule has 19 heavy (non-hydrogen) atoms. The van der Waals surface area contributed by atoms with Crippen LogP contribution in [0.2, 0.25) is 0 Å². The highest BCUT2D eigenvalue weighted by Gasteiger charge is 2.03. The zero-order valence-corrected chi connectivity index (χ0v) is 11.5. The van der Waals surface area contributed by atoms with Crippen LogP contribution in [0.4, 0.5) is 10.3 Å². The van der Waals surface area contributed by atoms with Crippen molar-refractivity contribution in [3.05, 3.63) is 24.0 Å². The minimum Gasteiger partial charge on any atom is -0.356 e. The number of nitrogens with zero attached hydrogens (tertiary/aromatic N) is 2. The second-order valence-corrected chi connectivity index (χ2v) is 4.55. The van der Waals surface area contributed by atoms with Crippen LogP contribution in [-0.2, 0) is 0 Å². The fourth-order valence-corrected chi connectivity index (χ4v) is 2.11. The number of halogens is 1. The molecule has 0 amide bonds. The molecule has 2 rings (SSSR count). The molecule has 0 aliphatic carbocycles. The van der Waals surface area contributed by atoms with Crippen molar-refractivity contribution in [1.82, 2.24) is 14.9 Å². The SMILES string of the molecule is CCN(CC)CCCNc1nc2ccc(F)cc2[nH]1. The second-order valence-electron chi connectivity index (χ2n) is 4.55. The van der Waals surface area contributed by atoms with Gasteiger partial charge in [0.15, 0.2) is 0 Å². The van der Waals surface area contributed by atoms with E-state index in [9.17, 15) is 4.39 Å². The van der Waals surface area contributed by atoms with Gasteiger partial charge in [-0.3, -0.25) is 0 Å². The maximum absolute atomic E-state index is 13.0. The lowest BCUT2D eigenvalue weighted by molar-refractivity contribution is 0.303. The van der Waals surface area contributed by atoms with Crippen LogP contribution in [0.15, 0.2) is 18.2 Å². The molecule has 0 unspecified atom stereocenters. The molecule has 0 spiro atoms. The summed E-state index contributed by atoms with van der Waals surface area (Å²) in [4.78, 5) is 9.83. The van der Waals surface area contributed by atoms with Crippen molar-refractivity contribution >= 4 is 17.0 Å². The Morgan fingerprint density at radius 3 is 2.84 bits per heavy atom. The fraction of sp³-hybridized carbons (Fsp3) is 0.500. The maximum Gasteiger partial charge on any atom is 0.201 e. The smallest absolute Gasteiger partial charge is 0.201 e. The average Bonchev–Trinajstić information content (AvgIpc) is 2.80. The van der Waals surface area contributed by atoms with E-state index in [2.05, 4.69) is 34.0 Å². The molecule has 0 aliphatic heterocycles. The van der Waals surface area contributed by atoms with Crippen molar-refractivity contribution < 1.29 is 4.39 Å². The number of anilines is 1. The molecule has 5 heteroatoms. The number of imidazole rings is 1. The molecule has 1 aromatic carbocycles. The summed E-state index contributed by atoms with van der Waals surface area (Å²) in [6.45, 7) is 8.45. The van der Waals surface area contributed by atoms with Crippen molar-refractivity contribution in [3.8, 4) is 0 Å². The first kappa shape index (κ1) is 13.8. The van der Waals surface area contributed by atoms with E-state index in [4.69, 9.17) is 0 Å². The molecule has 0 saturated heterocycles. The van der Waals surface area contributed by atoms with Crippen LogP contribution in [0.1, 0.15) is 20.3 Å². The van der Waals surface area contributed by atoms with E-state index in [1.54, 1.807) is 6.07 Å². The Bertz CT molecular complexity index is 519. The highest BCUT2D eigenvalue weighted by molar-refractivity contribution is 5.77. The summed E-state index contributed by atoms with van der Waals surface area (Å²) in [7, 11) is 0. The molecule has 1 heterocycles. The Morgan fingerprint density at radius 1 is 1.32 bits per heavy atom. The molecule has 0 bridgehead atoms. The number of H-pyrrole nitrogens is 1. The molecule has 104 valence electrons. The molecule has 0 saturated carbocycles. The minimum absolute atomic E-state index is 0.246. The monoisotopic (exact) mass is 264 g/mol. The predicted molar refractivity (Wildman–Crippen MR) is 76.9 cm³/mol. The van der Waals surface area contributed by atoms with Gasteiger partial charge in [0.1, 0.15) is 5.82 Å². The van der Waals surface area contributed by atoms with Gasteiger partial charge in [-0.25, -0.2) is 9.37 Å². The van der Waals surface area contributed by atoms with Crippen molar-refractivity contribution in [2.24, 2.45) is 0 Å². The van der Waals surface area contributed by atoms with Crippen molar-refractivity contribution in [1.29, 1.82) is 0 Å². The van der Waals surface area contributed by atoms with E-state index >= 15 is 0 Å². The first-order valence-electron chi connectivity index (χ1n) is 6.84. The summed E-state index contributed by atoms with van der Waals surface area (Å²) >= 11 is 0. The topological polar surface area (TPSA) is 44.0 Å². The van der Waals surface area contributed by atoms with Gasteiger partial charge in [-0.2, -0.15) is 0 Å². The van der Waals surface area contributed by atoms with Gasteiger partial charge in [-0.1, -0.05) is 13.8 Å². The second kappa shape index (κ2) is 6.52. The Balaban J connectivity index is 1.84. The van der Waals surface area contributed by atoms with Gasteiger partial charge < -0.3 is 15.2 Å². The van der Waals surface area contributed by atoms with Crippen molar-refractivity contribution in [3.63, 3.8) is 0 Å². The molecular weight excluding hydrogens is 243 g/mol. The Labute approximate surface area is 113 Å².